The van der Waals surface area contributed by atoms with Crippen molar-refractivity contribution in [3.8, 4) is 11.5 Å². The Morgan fingerprint density at radius 3 is 2.59 bits per heavy atom. The smallest absolute Gasteiger partial charge is 0.281 e. The molecule has 32 heavy (non-hydrogen) atoms. The van der Waals surface area contributed by atoms with Crippen LogP contribution < -0.4 is 19.8 Å². The largest absolute Gasteiger partial charge is 0.496 e. The Kier molecular flexibility index (Phi) is 6.22. The zero-order chi connectivity index (χ0) is 22.7. The molecule has 1 N–H and O–H groups in total. The van der Waals surface area contributed by atoms with E-state index in [1.54, 1.807) is 26.4 Å². The maximum absolute atomic E-state index is 12.5. The molecule has 1 aliphatic heterocycles. The number of non-ortho nitro benzene ring substituents is 1. The van der Waals surface area contributed by atoms with Crippen LogP contribution in [0.2, 0.25) is 0 Å². The highest BCUT2D eigenvalue weighted by atomic mass is 32.1. The molecule has 1 saturated heterocycles. The lowest BCUT2D eigenvalue weighted by atomic mass is 10.1. The number of benzene rings is 2. The van der Waals surface area contributed by atoms with Gasteiger partial charge in [0.05, 0.1) is 35.9 Å². The zero-order valence-electron chi connectivity index (χ0n) is 17.7. The van der Waals surface area contributed by atoms with Gasteiger partial charge in [-0.2, -0.15) is 5.10 Å². The van der Waals surface area contributed by atoms with Crippen molar-refractivity contribution in [3.05, 3.63) is 57.0 Å². The van der Waals surface area contributed by atoms with Crippen molar-refractivity contribution in [2.45, 2.75) is 12.8 Å². The standard InChI is InChI=1S/C22H22N4O5S/c1-30-18-12-17(25-7-3-4-8-25)19(31-2)10-15(18)13-23-24-22(27)21-11-14-9-16(26(28)29)5-6-20(14)32-21/h5-6,9-13H,3-4,7-8H2,1-2H3,(H,24,27). The van der Waals surface area contributed by atoms with Crippen molar-refractivity contribution in [1.82, 2.24) is 5.43 Å². The number of hydrogen-bond donors (Lipinski definition) is 1. The number of anilines is 1. The van der Waals surface area contributed by atoms with Crippen molar-refractivity contribution >= 4 is 44.9 Å². The van der Waals surface area contributed by atoms with Crippen LogP contribution in [0.15, 0.2) is 41.5 Å². The summed E-state index contributed by atoms with van der Waals surface area (Å²) in [5, 5.41) is 15.7. The van der Waals surface area contributed by atoms with E-state index in [4.69, 9.17) is 9.47 Å². The Hall–Kier alpha value is -3.66. The van der Waals surface area contributed by atoms with Crippen LogP contribution in [0.1, 0.15) is 28.1 Å². The third-order valence-electron chi connectivity index (χ3n) is 5.28. The molecule has 0 spiro atoms. The maximum atomic E-state index is 12.5. The highest BCUT2D eigenvalue weighted by molar-refractivity contribution is 7.20. The van der Waals surface area contributed by atoms with Gasteiger partial charge in [-0.05, 0) is 31.0 Å². The molecule has 0 atom stereocenters. The summed E-state index contributed by atoms with van der Waals surface area (Å²) in [7, 11) is 3.21. The first-order valence-corrected chi connectivity index (χ1v) is 10.8. The number of nitro groups is 1. The fourth-order valence-electron chi connectivity index (χ4n) is 3.68. The van der Waals surface area contributed by atoms with Crippen molar-refractivity contribution < 1.29 is 19.2 Å². The Morgan fingerprint density at radius 2 is 1.91 bits per heavy atom. The van der Waals surface area contributed by atoms with Gasteiger partial charge >= 0.3 is 0 Å². The van der Waals surface area contributed by atoms with Crippen molar-refractivity contribution in [3.63, 3.8) is 0 Å². The average Bonchev–Trinajstić information content (AvgIpc) is 3.48. The minimum atomic E-state index is -0.461. The highest BCUT2D eigenvalue weighted by Crippen LogP contribution is 2.36. The summed E-state index contributed by atoms with van der Waals surface area (Å²) in [4.78, 5) is 25.7. The second-order valence-electron chi connectivity index (χ2n) is 7.25. The number of nitrogens with zero attached hydrogens (tertiary/aromatic N) is 3. The number of nitro benzene ring substituents is 1. The molecule has 4 rings (SSSR count). The molecule has 1 amide bonds. The van der Waals surface area contributed by atoms with Crippen LogP contribution in [-0.2, 0) is 0 Å². The molecular formula is C22H22N4O5S. The molecule has 3 aromatic rings. The molecule has 9 nitrogen and oxygen atoms in total. The van der Waals surface area contributed by atoms with Crippen molar-refractivity contribution in [2.24, 2.45) is 5.10 Å². The van der Waals surface area contributed by atoms with Gasteiger partial charge in [-0.15, -0.1) is 11.3 Å². The number of hydrazone groups is 1. The number of ether oxygens (including phenoxy) is 2. The lowest BCUT2D eigenvalue weighted by molar-refractivity contribution is -0.384. The fourth-order valence-corrected chi connectivity index (χ4v) is 4.62. The third kappa shape index (κ3) is 4.35. The summed E-state index contributed by atoms with van der Waals surface area (Å²) in [6, 6.07) is 9.88. The van der Waals surface area contributed by atoms with E-state index in [2.05, 4.69) is 15.4 Å². The van der Waals surface area contributed by atoms with Crippen molar-refractivity contribution in [1.29, 1.82) is 0 Å². The predicted octanol–water partition coefficient (Wildman–Crippen LogP) is 4.19. The van der Waals surface area contributed by atoms with E-state index in [-0.39, 0.29) is 5.69 Å². The molecule has 10 heteroatoms. The number of carbonyl (C=O) groups is 1. The molecule has 0 bridgehead atoms. The molecular weight excluding hydrogens is 432 g/mol. The van der Waals surface area contributed by atoms with Crippen LogP contribution in [0.25, 0.3) is 10.1 Å². The summed E-state index contributed by atoms with van der Waals surface area (Å²) in [5.41, 5.74) is 4.13. The average molecular weight is 455 g/mol. The fraction of sp³-hybridized carbons (Fsp3) is 0.273. The van der Waals surface area contributed by atoms with E-state index < -0.39 is 10.8 Å². The van der Waals surface area contributed by atoms with Gasteiger partial charge in [0.1, 0.15) is 11.5 Å². The number of amides is 1. The van der Waals surface area contributed by atoms with Crippen LogP contribution in [-0.4, -0.2) is 44.4 Å². The van der Waals surface area contributed by atoms with Gasteiger partial charge in [0, 0.05) is 46.9 Å². The van der Waals surface area contributed by atoms with Crippen LogP contribution >= 0.6 is 11.3 Å². The Morgan fingerprint density at radius 1 is 1.16 bits per heavy atom. The summed E-state index contributed by atoms with van der Waals surface area (Å²) in [6.45, 7) is 1.95. The number of methoxy groups -OCH3 is 2. The minimum absolute atomic E-state index is 0.0151. The lowest BCUT2D eigenvalue weighted by Crippen LogP contribution is -2.19. The summed E-state index contributed by atoms with van der Waals surface area (Å²) in [6.07, 6.45) is 3.79. The number of carbonyl (C=O) groups excluding carboxylic acids is 1. The molecule has 1 aromatic heterocycles. The van der Waals surface area contributed by atoms with E-state index in [9.17, 15) is 14.9 Å². The topological polar surface area (TPSA) is 106 Å². The van der Waals surface area contributed by atoms with E-state index in [1.165, 1.54) is 29.7 Å². The van der Waals surface area contributed by atoms with Gasteiger partial charge in [-0.25, -0.2) is 5.43 Å². The van der Waals surface area contributed by atoms with Crippen LogP contribution in [0, 0.1) is 10.1 Å². The van der Waals surface area contributed by atoms with Gasteiger partial charge in [0.25, 0.3) is 11.6 Å². The molecule has 0 unspecified atom stereocenters. The number of fused-ring (bicyclic) bond motifs is 1. The predicted molar refractivity (Wildman–Crippen MR) is 125 cm³/mol. The molecule has 0 radical (unpaired) electrons. The van der Waals surface area contributed by atoms with Gasteiger partial charge in [-0.1, -0.05) is 0 Å². The molecule has 2 aromatic carbocycles. The van der Waals surface area contributed by atoms with E-state index in [1.807, 2.05) is 12.1 Å². The van der Waals surface area contributed by atoms with Gasteiger partial charge in [0.2, 0.25) is 0 Å². The normalized spacial score (nSPS) is 13.6. The first-order chi connectivity index (χ1) is 15.5. The summed E-state index contributed by atoms with van der Waals surface area (Å²) in [5.74, 6) is 0.941. The monoisotopic (exact) mass is 454 g/mol. The quantitative estimate of drug-likeness (QED) is 0.326. The highest BCUT2D eigenvalue weighted by Gasteiger charge is 2.19. The third-order valence-corrected chi connectivity index (χ3v) is 6.40. The minimum Gasteiger partial charge on any atom is -0.496 e. The van der Waals surface area contributed by atoms with Gasteiger partial charge < -0.3 is 14.4 Å². The second kappa shape index (κ2) is 9.23. The summed E-state index contributed by atoms with van der Waals surface area (Å²) >= 11 is 1.24. The number of thiophene rings is 1. The summed E-state index contributed by atoms with van der Waals surface area (Å²) < 4.78 is 11.9. The molecule has 1 fully saturated rings. The Labute approximate surface area is 188 Å². The van der Waals surface area contributed by atoms with Gasteiger partial charge in [0.15, 0.2) is 0 Å². The van der Waals surface area contributed by atoms with E-state index in [0.29, 0.717) is 27.3 Å². The van der Waals surface area contributed by atoms with E-state index in [0.717, 1.165) is 36.3 Å². The number of nitrogens with one attached hydrogen (secondary N) is 1. The number of hydrogen-bond acceptors (Lipinski definition) is 8. The molecule has 0 saturated carbocycles. The Bertz CT molecular complexity index is 1200. The van der Waals surface area contributed by atoms with Crippen molar-refractivity contribution in [2.75, 3.05) is 32.2 Å². The van der Waals surface area contributed by atoms with Crippen LogP contribution in [0.5, 0.6) is 11.5 Å². The first kappa shape index (κ1) is 21.6. The van der Waals surface area contributed by atoms with Gasteiger partial charge in [-0.3, -0.25) is 14.9 Å². The zero-order valence-corrected chi connectivity index (χ0v) is 18.5. The van der Waals surface area contributed by atoms with E-state index >= 15 is 0 Å². The molecule has 2 heterocycles. The molecule has 0 aliphatic carbocycles. The number of rotatable bonds is 7. The van der Waals surface area contributed by atoms with Crippen LogP contribution in [0.4, 0.5) is 11.4 Å². The maximum Gasteiger partial charge on any atom is 0.281 e. The molecule has 1 aliphatic rings. The lowest BCUT2D eigenvalue weighted by Gasteiger charge is -2.22. The van der Waals surface area contributed by atoms with Crippen LogP contribution in [0.3, 0.4) is 0 Å². The SMILES string of the molecule is COc1cc(N2CCCC2)c(OC)cc1C=NNC(=O)c1cc2cc([N+](=O)[O-])ccc2s1. The second-order valence-corrected chi connectivity index (χ2v) is 8.33. The first-order valence-electron chi connectivity index (χ1n) is 10.0. The molecule has 166 valence electrons. The Balaban J connectivity index is 1.52.